The Morgan fingerprint density at radius 3 is 2.21 bits per heavy atom. The zero-order valence-corrected chi connectivity index (χ0v) is 26.3. The number of hydrogen-bond donors (Lipinski definition) is 0. The maximum absolute atomic E-state index is 13.7. The summed E-state index contributed by atoms with van der Waals surface area (Å²) in [6, 6.07) is 17.5. The van der Waals surface area contributed by atoms with E-state index in [-0.39, 0.29) is 41.8 Å². The molecule has 228 valence electrons. The summed E-state index contributed by atoms with van der Waals surface area (Å²) in [5.74, 6) is -0.154. The minimum absolute atomic E-state index is 0.0477. The number of morpholine rings is 1. The summed E-state index contributed by atoms with van der Waals surface area (Å²) in [5, 5.41) is 0.561. The lowest BCUT2D eigenvalue weighted by Crippen LogP contribution is -2.48. The highest BCUT2D eigenvalue weighted by Gasteiger charge is 2.32. The van der Waals surface area contributed by atoms with Gasteiger partial charge in [0.2, 0.25) is 5.91 Å². The number of fused-ring (bicyclic) bond motifs is 1. The van der Waals surface area contributed by atoms with E-state index in [9.17, 15) is 18.0 Å². The number of benzene rings is 3. The second-order valence-corrected chi connectivity index (χ2v) is 13.6. The van der Waals surface area contributed by atoms with E-state index in [2.05, 4.69) is 4.90 Å². The smallest absolute Gasteiger partial charge is 0.265 e. The molecule has 2 aliphatic heterocycles. The van der Waals surface area contributed by atoms with Crippen molar-refractivity contribution in [1.82, 2.24) is 9.80 Å². The lowest BCUT2D eigenvalue weighted by molar-refractivity contribution is -0.133. The van der Waals surface area contributed by atoms with Crippen LogP contribution in [-0.4, -0.2) is 88.8 Å². The predicted octanol–water partition coefficient (Wildman–Crippen LogP) is 4.71. The van der Waals surface area contributed by atoms with Crippen LogP contribution in [0.4, 0.5) is 5.69 Å². The van der Waals surface area contributed by atoms with E-state index in [4.69, 9.17) is 32.7 Å². The molecule has 0 radical (unpaired) electrons. The molecular weight excluding hydrogens is 613 g/mol. The highest BCUT2D eigenvalue weighted by molar-refractivity contribution is 7.91. The summed E-state index contributed by atoms with van der Waals surface area (Å²) in [7, 11) is -1.53. The Bertz CT molecular complexity index is 1590. The zero-order chi connectivity index (χ0) is 30.7. The van der Waals surface area contributed by atoms with Crippen LogP contribution >= 0.6 is 23.2 Å². The van der Waals surface area contributed by atoms with Crippen LogP contribution in [0.1, 0.15) is 18.5 Å². The Morgan fingerprint density at radius 2 is 1.58 bits per heavy atom. The molecule has 5 rings (SSSR count). The third-order valence-electron chi connectivity index (χ3n) is 7.86. The van der Waals surface area contributed by atoms with Crippen molar-refractivity contribution in [2.24, 2.45) is 0 Å². The van der Waals surface area contributed by atoms with Crippen LogP contribution in [0, 0.1) is 0 Å². The first-order chi connectivity index (χ1) is 20.6. The third-order valence-corrected chi connectivity index (χ3v) is 10.3. The number of sulfone groups is 1. The molecule has 12 heteroatoms. The van der Waals surface area contributed by atoms with Crippen molar-refractivity contribution in [3.8, 4) is 16.9 Å². The summed E-state index contributed by atoms with van der Waals surface area (Å²) < 4.78 is 35.5. The van der Waals surface area contributed by atoms with E-state index in [1.54, 1.807) is 49.2 Å². The Kier molecular flexibility index (Phi) is 9.63. The normalized spacial score (nSPS) is 16.4. The molecule has 2 amide bonds. The molecule has 0 aliphatic carbocycles. The monoisotopic (exact) mass is 645 g/mol. The van der Waals surface area contributed by atoms with Gasteiger partial charge in [0.15, 0.2) is 16.4 Å². The Morgan fingerprint density at radius 1 is 0.977 bits per heavy atom. The van der Waals surface area contributed by atoms with Crippen molar-refractivity contribution in [1.29, 1.82) is 0 Å². The average Bonchev–Trinajstić information content (AvgIpc) is 3.02. The summed E-state index contributed by atoms with van der Waals surface area (Å²) in [5.41, 5.74) is 3.15. The largest absolute Gasteiger partial charge is 0.482 e. The van der Waals surface area contributed by atoms with E-state index in [1.807, 2.05) is 24.3 Å². The van der Waals surface area contributed by atoms with Gasteiger partial charge in [-0.1, -0.05) is 66.5 Å². The van der Waals surface area contributed by atoms with Crippen LogP contribution in [0.5, 0.6) is 5.75 Å². The SMILES string of the molecule is CCS(=O)(=O)c1ccc(-c2ccc(C(CN3CCOCC3)N(C)C(=O)CN3C(=O)COc4cc(Cl)c(Cl)cc43)cc2)cc1. The Labute approximate surface area is 261 Å². The fraction of sp³-hybridized carbons (Fsp3) is 0.355. The van der Waals surface area contributed by atoms with E-state index in [1.165, 1.54) is 11.0 Å². The van der Waals surface area contributed by atoms with E-state index >= 15 is 0 Å². The predicted molar refractivity (Wildman–Crippen MR) is 167 cm³/mol. The number of carbonyl (C=O) groups excluding carboxylic acids is 2. The topological polar surface area (TPSA) is 96.5 Å². The van der Waals surface area contributed by atoms with Gasteiger partial charge in [-0.3, -0.25) is 19.4 Å². The van der Waals surface area contributed by atoms with Crippen molar-refractivity contribution in [3.05, 3.63) is 76.3 Å². The molecule has 43 heavy (non-hydrogen) atoms. The quantitative estimate of drug-likeness (QED) is 0.332. The van der Waals surface area contributed by atoms with Gasteiger partial charge in [0.1, 0.15) is 12.3 Å². The molecule has 0 spiro atoms. The first kappa shape index (κ1) is 31.3. The lowest BCUT2D eigenvalue weighted by atomic mass is 9.99. The molecule has 0 N–H and O–H groups in total. The minimum atomic E-state index is -3.28. The second-order valence-electron chi connectivity index (χ2n) is 10.5. The standard InChI is InChI=1S/C31H33Cl2N3O6S/c1-3-43(39,40)24-10-8-22(9-11-24)21-4-6-23(7-5-21)28(18-35-12-14-41-15-13-35)34(2)30(37)19-36-27-16-25(32)26(33)17-29(27)42-20-31(36)38/h4-11,16-17,28H,3,12-15,18-20H2,1-2H3. The first-order valence-corrected chi connectivity index (χ1v) is 16.4. The van der Waals surface area contributed by atoms with Crippen molar-refractivity contribution >= 4 is 50.5 Å². The zero-order valence-electron chi connectivity index (χ0n) is 24.0. The fourth-order valence-electron chi connectivity index (χ4n) is 5.19. The third kappa shape index (κ3) is 6.99. The fourth-order valence-corrected chi connectivity index (χ4v) is 6.38. The van der Waals surface area contributed by atoms with Crippen LogP contribution < -0.4 is 9.64 Å². The van der Waals surface area contributed by atoms with Gasteiger partial charge in [-0.15, -0.1) is 0 Å². The van der Waals surface area contributed by atoms with Gasteiger partial charge in [-0.05, 0) is 34.9 Å². The number of nitrogens with zero attached hydrogens (tertiary/aromatic N) is 3. The summed E-state index contributed by atoms with van der Waals surface area (Å²) in [6.07, 6.45) is 0. The number of anilines is 1. The van der Waals surface area contributed by atoms with Gasteiger partial charge < -0.3 is 14.4 Å². The number of carbonyl (C=O) groups is 2. The van der Waals surface area contributed by atoms with Gasteiger partial charge in [0, 0.05) is 32.7 Å². The maximum atomic E-state index is 13.7. The van der Waals surface area contributed by atoms with Gasteiger partial charge in [0.25, 0.3) is 5.91 Å². The second kappa shape index (κ2) is 13.2. The van der Waals surface area contributed by atoms with Gasteiger partial charge in [-0.2, -0.15) is 0 Å². The van der Waals surface area contributed by atoms with Crippen LogP contribution in [-0.2, 0) is 24.2 Å². The van der Waals surface area contributed by atoms with Crippen LogP contribution in [0.15, 0.2) is 65.6 Å². The molecule has 3 aromatic rings. The van der Waals surface area contributed by atoms with E-state index in [0.717, 1.165) is 29.8 Å². The Balaban J connectivity index is 1.38. The van der Waals surface area contributed by atoms with Crippen molar-refractivity contribution in [2.75, 3.05) is 63.7 Å². The molecular formula is C31H33Cl2N3O6S. The highest BCUT2D eigenvalue weighted by atomic mass is 35.5. The van der Waals surface area contributed by atoms with Gasteiger partial charge >= 0.3 is 0 Å². The molecule has 2 heterocycles. The van der Waals surface area contributed by atoms with Crippen LogP contribution in [0.3, 0.4) is 0 Å². The molecule has 9 nitrogen and oxygen atoms in total. The van der Waals surface area contributed by atoms with E-state index in [0.29, 0.717) is 41.1 Å². The molecule has 0 bridgehead atoms. The molecule has 3 aromatic carbocycles. The number of ether oxygens (including phenoxy) is 2. The van der Waals surface area contributed by atoms with Gasteiger partial charge in [-0.25, -0.2) is 8.42 Å². The molecule has 1 unspecified atom stereocenters. The highest BCUT2D eigenvalue weighted by Crippen LogP contribution is 2.39. The van der Waals surface area contributed by atoms with Crippen molar-refractivity contribution < 1.29 is 27.5 Å². The molecule has 0 saturated carbocycles. The van der Waals surface area contributed by atoms with Gasteiger partial charge in [0.05, 0.1) is 45.6 Å². The molecule has 0 aromatic heterocycles. The maximum Gasteiger partial charge on any atom is 0.265 e. The van der Waals surface area contributed by atoms with Crippen LogP contribution in [0.25, 0.3) is 11.1 Å². The summed E-state index contributed by atoms with van der Waals surface area (Å²) in [4.78, 5) is 32.2. The Hall–Kier alpha value is -3.15. The number of halogens is 2. The number of likely N-dealkylation sites (N-methyl/N-ethyl adjacent to an activating group) is 1. The minimum Gasteiger partial charge on any atom is -0.482 e. The first-order valence-electron chi connectivity index (χ1n) is 14.0. The number of amides is 2. The summed E-state index contributed by atoms with van der Waals surface area (Å²) >= 11 is 12.4. The number of rotatable bonds is 9. The molecule has 2 aliphatic rings. The van der Waals surface area contributed by atoms with Crippen LogP contribution in [0.2, 0.25) is 10.0 Å². The average molecular weight is 647 g/mol. The lowest BCUT2D eigenvalue weighted by Gasteiger charge is -2.37. The molecule has 1 saturated heterocycles. The van der Waals surface area contributed by atoms with Crippen molar-refractivity contribution in [3.63, 3.8) is 0 Å². The van der Waals surface area contributed by atoms with E-state index < -0.39 is 9.84 Å². The number of hydrogen-bond acceptors (Lipinski definition) is 7. The molecule has 1 fully saturated rings. The van der Waals surface area contributed by atoms with Crippen molar-refractivity contribution in [2.45, 2.75) is 17.9 Å². The molecule has 1 atom stereocenters. The summed E-state index contributed by atoms with van der Waals surface area (Å²) in [6.45, 7) is 4.56.